The lowest BCUT2D eigenvalue weighted by Gasteiger charge is -2.21. The van der Waals surface area contributed by atoms with Gasteiger partial charge in [0, 0.05) is 13.6 Å². The van der Waals surface area contributed by atoms with E-state index in [0.717, 1.165) is 18.5 Å². The number of carbonyl (C=O) groups is 1. The third-order valence-corrected chi connectivity index (χ3v) is 3.50. The summed E-state index contributed by atoms with van der Waals surface area (Å²) in [6.07, 6.45) is 0.948. The predicted molar refractivity (Wildman–Crippen MR) is 73.7 cm³/mol. The Balaban J connectivity index is 2.76. The largest absolute Gasteiger partial charge is 0.358 e. The van der Waals surface area contributed by atoms with E-state index in [2.05, 4.69) is 28.2 Å². The monoisotopic (exact) mass is 316 g/mol. The molecular weight excluding hydrogens is 299 g/mol. The fourth-order valence-electron chi connectivity index (χ4n) is 1.72. The van der Waals surface area contributed by atoms with Crippen LogP contribution in [0.25, 0.3) is 0 Å². The molecule has 0 atom stereocenters. The minimum atomic E-state index is -0.274. The molecule has 1 amide bonds. The lowest BCUT2D eigenvalue weighted by atomic mass is 10.2. The van der Waals surface area contributed by atoms with E-state index in [1.54, 1.807) is 13.1 Å². The number of halogens is 2. The SMILES string of the molecule is CCCN(CC(=O)NC)Cc1cccc(F)c1Br. The normalized spacial score (nSPS) is 10.7. The molecule has 5 heteroatoms. The number of nitrogens with one attached hydrogen (secondary N) is 1. The van der Waals surface area contributed by atoms with Crippen molar-refractivity contribution in [2.75, 3.05) is 20.1 Å². The van der Waals surface area contributed by atoms with E-state index < -0.39 is 0 Å². The van der Waals surface area contributed by atoms with Gasteiger partial charge in [-0.15, -0.1) is 0 Å². The molecule has 100 valence electrons. The first-order chi connectivity index (χ1) is 8.58. The molecule has 0 unspecified atom stereocenters. The summed E-state index contributed by atoms with van der Waals surface area (Å²) in [6, 6.07) is 4.95. The second kappa shape index (κ2) is 7.48. The summed E-state index contributed by atoms with van der Waals surface area (Å²) in [7, 11) is 1.62. The highest BCUT2D eigenvalue weighted by atomic mass is 79.9. The van der Waals surface area contributed by atoms with Crippen molar-refractivity contribution >= 4 is 21.8 Å². The van der Waals surface area contributed by atoms with Crippen LogP contribution in [-0.2, 0) is 11.3 Å². The van der Waals surface area contributed by atoms with Gasteiger partial charge in [0.1, 0.15) is 5.82 Å². The van der Waals surface area contributed by atoms with Crippen LogP contribution in [0.3, 0.4) is 0 Å². The Morgan fingerprint density at radius 1 is 1.50 bits per heavy atom. The molecule has 0 saturated heterocycles. The number of nitrogens with zero attached hydrogens (tertiary/aromatic N) is 1. The second-order valence-electron chi connectivity index (χ2n) is 4.10. The van der Waals surface area contributed by atoms with Gasteiger partial charge in [0.15, 0.2) is 0 Å². The summed E-state index contributed by atoms with van der Waals surface area (Å²) in [5, 5.41) is 2.60. The van der Waals surface area contributed by atoms with Crippen LogP contribution in [0.15, 0.2) is 22.7 Å². The maximum atomic E-state index is 13.4. The highest BCUT2D eigenvalue weighted by Gasteiger charge is 2.12. The quantitative estimate of drug-likeness (QED) is 0.874. The average Bonchev–Trinajstić information content (AvgIpc) is 2.35. The van der Waals surface area contributed by atoms with E-state index in [4.69, 9.17) is 0 Å². The Morgan fingerprint density at radius 2 is 2.22 bits per heavy atom. The number of amides is 1. The molecule has 0 aromatic heterocycles. The van der Waals surface area contributed by atoms with Gasteiger partial charge < -0.3 is 5.32 Å². The molecule has 1 aromatic rings. The van der Waals surface area contributed by atoms with E-state index >= 15 is 0 Å². The summed E-state index contributed by atoms with van der Waals surface area (Å²) >= 11 is 3.24. The number of likely N-dealkylation sites (N-methyl/N-ethyl adjacent to an activating group) is 1. The van der Waals surface area contributed by atoms with Crippen molar-refractivity contribution in [2.24, 2.45) is 0 Å². The van der Waals surface area contributed by atoms with Crippen molar-refractivity contribution in [1.82, 2.24) is 10.2 Å². The van der Waals surface area contributed by atoms with Gasteiger partial charge in [0.25, 0.3) is 0 Å². The van der Waals surface area contributed by atoms with Crippen LogP contribution in [0, 0.1) is 5.82 Å². The van der Waals surface area contributed by atoms with Gasteiger partial charge >= 0.3 is 0 Å². The van der Waals surface area contributed by atoms with Crippen LogP contribution in [0.4, 0.5) is 4.39 Å². The van der Waals surface area contributed by atoms with Gasteiger partial charge in [-0.2, -0.15) is 0 Å². The molecule has 0 spiro atoms. The minimum Gasteiger partial charge on any atom is -0.358 e. The molecule has 18 heavy (non-hydrogen) atoms. The third kappa shape index (κ3) is 4.38. The minimum absolute atomic E-state index is 0.0315. The van der Waals surface area contributed by atoms with Crippen molar-refractivity contribution in [3.05, 3.63) is 34.1 Å². The molecule has 0 aliphatic rings. The molecule has 0 bridgehead atoms. The van der Waals surface area contributed by atoms with E-state index in [1.165, 1.54) is 6.07 Å². The summed E-state index contributed by atoms with van der Waals surface area (Å²) in [5.41, 5.74) is 0.854. The number of hydrogen-bond acceptors (Lipinski definition) is 2. The topological polar surface area (TPSA) is 32.3 Å². The Labute approximate surface area is 115 Å². The van der Waals surface area contributed by atoms with Gasteiger partial charge in [-0.05, 0) is 40.5 Å². The zero-order chi connectivity index (χ0) is 13.5. The molecule has 0 saturated carbocycles. The first-order valence-corrected chi connectivity index (χ1v) is 6.73. The molecule has 1 rings (SSSR count). The summed E-state index contributed by atoms with van der Waals surface area (Å²) < 4.78 is 13.9. The van der Waals surface area contributed by atoms with Crippen LogP contribution in [0.1, 0.15) is 18.9 Å². The summed E-state index contributed by atoms with van der Waals surface area (Å²) in [4.78, 5) is 13.4. The first kappa shape index (κ1) is 15.1. The van der Waals surface area contributed by atoms with Crippen molar-refractivity contribution in [1.29, 1.82) is 0 Å². The Hall–Kier alpha value is -0.940. The Kier molecular flexibility index (Phi) is 6.29. The van der Waals surface area contributed by atoms with Crippen LogP contribution in [-0.4, -0.2) is 30.9 Å². The van der Waals surface area contributed by atoms with E-state index in [0.29, 0.717) is 17.6 Å². The zero-order valence-corrected chi connectivity index (χ0v) is 12.3. The molecule has 0 radical (unpaired) electrons. The molecule has 0 heterocycles. The van der Waals surface area contributed by atoms with Crippen LogP contribution >= 0.6 is 15.9 Å². The molecule has 1 N–H and O–H groups in total. The summed E-state index contributed by atoms with van der Waals surface area (Å²) in [6.45, 7) is 3.74. The second-order valence-corrected chi connectivity index (χ2v) is 4.89. The highest BCUT2D eigenvalue weighted by molar-refractivity contribution is 9.10. The molecule has 1 aromatic carbocycles. The molecular formula is C13H18BrFN2O. The summed E-state index contributed by atoms with van der Waals surface area (Å²) in [5.74, 6) is -0.306. The van der Waals surface area contributed by atoms with Gasteiger partial charge in [-0.25, -0.2) is 4.39 Å². The number of carbonyl (C=O) groups excluding carboxylic acids is 1. The van der Waals surface area contributed by atoms with Gasteiger partial charge in [0.2, 0.25) is 5.91 Å². The van der Waals surface area contributed by atoms with E-state index in [1.807, 2.05) is 11.0 Å². The lowest BCUT2D eigenvalue weighted by Crippen LogP contribution is -2.35. The molecule has 0 fully saturated rings. The Morgan fingerprint density at radius 3 is 2.83 bits per heavy atom. The molecule has 0 aliphatic carbocycles. The van der Waals surface area contributed by atoms with E-state index in [9.17, 15) is 9.18 Å². The van der Waals surface area contributed by atoms with Gasteiger partial charge in [-0.1, -0.05) is 19.1 Å². The van der Waals surface area contributed by atoms with Crippen LogP contribution in [0.2, 0.25) is 0 Å². The molecule has 3 nitrogen and oxygen atoms in total. The number of hydrogen-bond donors (Lipinski definition) is 1. The average molecular weight is 317 g/mol. The maximum Gasteiger partial charge on any atom is 0.233 e. The van der Waals surface area contributed by atoms with E-state index in [-0.39, 0.29) is 11.7 Å². The van der Waals surface area contributed by atoms with Crippen LogP contribution < -0.4 is 5.32 Å². The van der Waals surface area contributed by atoms with Gasteiger partial charge in [-0.3, -0.25) is 9.69 Å². The fraction of sp³-hybridized carbons (Fsp3) is 0.462. The first-order valence-electron chi connectivity index (χ1n) is 5.94. The molecule has 0 aliphatic heterocycles. The predicted octanol–water partition coefficient (Wildman–Crippen LogP) is 2.55. The van der Waals surface area contributed by atoms with Crippen molar-refractivity contribution < 1.29 is 9.18 Å². The number of benzene rings is 1. The Bertz CT molecular complexity index is 412. The standard InChI is InChI=1S/C13H18BrFN2O/c1-3-7-17(9-12(18)16-2)8-10-5-4-6-11(15)13(10)14/h4-6H,3,7-9H2,1-2H3,(H,16,18). The van der Waals surface area contributed by atoms with Crippen molar-refractivity contribution in [2.45, 2.75) is 19.9 Å². The zero-order valence-electron chi connectivity index (χ0n) is 10.7. The number of rotatable bonds is 6. The fourth-order valence-corrected chi connectivity index (χ4v) is 2.11. The smallest absolute Gasteiger partial charge is 0.233 e. The lowest BCUT2D eigenvalue weighted by molar-refractivity contribution is -0.121. The van der Waals surface area contributed by atoms with Gasteiger partial charge in [0.05, 0.1) is 11.0 Å². The van der Waals surface area contributed by atoms with Crippen molar-refractivity contribution in [3.8, 4) is 0 Å². The highest BCUT2D eigenvalue weighted by Crippen LogP contribution is 2.21. The third-order valence-electron chi connectivity index (χ3n) is 2.61. The maximum absolute atomic E-state index is 13.4. The van der Waals surface area contributed by atoms with Crippen molar-refractivity contribution in [3.63, 3.8) is 0 Å². The van der Waals surface area contributed by atoms with Crippen LogP contribution in [0.5, 0.6) is 0 Å².